The number of methoxy groups -OCH3 is 1. The minimum absolute atomic E-state index is 0.713. The lowest BCUT2D eigenvalue weighted by Gasteiger charge is -2.29. The van der Waals surface area contributed by atoms with Crippen molar-refractivity contribution in [1.82, 2.24) is 5.32 Å². The van der Waals surface area contributed by atoms with Crippen LogP contribution in [0.25, 0.3) is 0 Å². The first-order valence-electron chi connectivity index (χ1n) is 5.44. The monoisotopic (exact) mass is 185 g/mol. The molecule has 0 radical (unpaired) electrons. The Kier molecular flexibility index (Phi) is 4.74. The predicted octanol–water partition coefficient (Wildman–Crippen LogP) is 2.05. The zero-order valence-electron chi connectivity index (χ0n) is 9.18. The van der Waals surface area contributed by atoms with Crippen LogP contribution in [0.3, 0.4) is 0 Å². The summed E-state index contributed by atoms with van der Waals surface area (Å²) in [7, 11) is 1.79. The lowest BCUT2D eigenvalue weighted by molar-refractivity contribution is 0.139. The van der Waals surface area contributed by atoms with Gasteiger partial charge in [0, 0.05) is 19.8 Å². The maximum atomic E-state index is 5.15. The Morgan fingerprint density at radius 3 is 2.77 bits per heavy atom. The number of hydrogen-bond acceptors (Lipinski definition) is 2. The Morgan fingerprint density at radius 2 is 2.23 bits per heavy atom. The van der Waals surface area contributed by atoms with E-state index in [9.17, 15) is 0 Å². The molecule has 0 aromatic carbocycles. The summed E-state index contributed by atoms with van der Waals surface area (Å²) in [5.74, 6) is 1.59. The van der Waals surface area contributed by atoms with E-state index < -0.39 is 0 Å². The lowest BCUT2D eigenvalue weighted by atomic mass is 9.88. The Bertz CT molecular complexity index is 130. The minimum Gasteiger partial charge on any atom is -0.384 e. The average Bonchev–Trinajstić information content (AvgIpc) is 2.09. The Labute approximate surface area is 82.0 Å². The van der Waals surface area contributed by atoms with Crippen LogP contribution in [0.4, 0.5) is 0 Å². The number of nitrogens with one attached hydrogen (secondary N) is 1. The van der Waals surface area contributed by atoms with Crippen LogP contribution in [0.1, 0.15) is 33.1 Å². The van der Waals surface area contributed by atoms with Gasteiger partial charge in [-0.05, 0) is 44.6 Å². The van der Waals surface area contributed by atoms with Crippen LogP contribution in [0.5, 0.6) is 0 Å². The molecule has 1 saturated heterocycles. The van der Waals surface area contributed by atoms with E-state index in [4.69, 9.17) is 4.74 Å². The van der Waals surface area contributed by atoms with Crippen molar-refractivity contribution in [3.8, 4) is 0 Å². The van der Waals surface area contributed by atoms with Crippen LogP contribution in [0, 0.1) is 11.8 Å². The van der Waals surface area contributed by atoms with Gasteiger partial charge in [0.05, 0.1) is 0 Å². The Hall–Kier alpha value is -0.0800. The fraction of sp³-hybridized carbons (Fsp3) is 1.00. The minimum atomic E-state index is 0.713. The van der Waals surface area contributed by atoms with Crippen LogP contribution >= 0.6 is 0 Å². The van der Waals surface area contributed by atoms with E-state index in [1.807, 2.05) is 0 Å². The molecule has 0 spiro atoms. The molecule has 0 amide bonds. The highest BCUT2D eigenvalue weighted by Crippen LogP contribution is 2.21. The molecule has 78 valence electrons. The first kappa shape index (κ1) is 11.0. The Balaban J connectivity index is 2.14. The summed E-state index contributed by atoms with van der Waals surface area (Å²) in [5, 5.41) is 3.54. The van der Waals surface area contributed by atoms with E-state index in [-0.39, 0.29) is 0 Å². The summed E-state index contributed by atoms with van der Waals surface area (Å²) >= 11 is 0. The van der Waals surface area contributed by atoms with Gasteiger partial charge in [0.25, 0.3) is 0 Å². The van der Waals surface area contributed by atoms with Crippen molar-refractivity contribution in [1.29, 1.82) is 0 Å². The van der Waals surface area contributed by atoms with Gasteiger partial charge in [-0.1, -0.05) is 6.92 Å². The van der Waals surface area contributed by atoms with Crippen molar-refractivity contribution in [3.63, 3.8) is 0 Å². The molecule has 0 aliphatic carbocycles. The molecule has 0 saturated carbocycles. The fourth-order valence-corrected chi connectivity index (χ4v) is 2.18. The van der Waals surface area contributed by atoms with Crippen molar-refractivity contribution < 1.29 is 4.74 Å². The Morgan fingerprint density at radius 1 is 1.46 bits per heavy atom. The molecule has 0 aromatic rings. The summed E-state index contributed by atoms with van der Waals surface area (Å²) in [4.78, 5) is 0. The van der Waals surface area contributed by atoms with Gasteiger partial charge < -0.3 is 10.1 Å². The molecule has 1 N–H and O–H groups in total. The van der Waals surface area contributed by atoms with Gasteiger partial charge in [-0.3, -0.25) is 0 Å². The van der Waals surface area contributed by atoms with Crippen LogP contribution in [-0.4, -0.2) is 26.3 Å². The molecule has 3 atom stereocenters. The highest BCUT2D eigenvalue weighted by Gasteiger charge is 2.19. The molecule has 2 heteroatoms. The van der Waals surface area contributed by atoms with E-state index >= 15 is 0 Å². The van der Waals surface area contributed by atoms with Crippen molar-refractivity contribution >= 4 is 0 Å². The maximum absolute atomic E-state index is 5.15. The molecule has 2 nitrogen and oxygen atoms in total. The predicted molar refractivity (Wildman–Crippen MR) is 55.8 cm³/mol. The molecule has 13 heavy (non-hydrogen) atoms. The largest absolute Gasteiger partial charge is 0.384 e. The van der Waals surface area contributed by atoms with E-state index in [1.54, 1.807) is 7.11 Å². The highest BCUT2D eigenvalue weighted by atomic mass is 16.5. The standard InChI is InChI=1S/C11H23NO/c1-9(8-13-3)6-11-5-4-10(2)12-7-11/h9-12H,4-8H2,1-3H3. The van der Waals surface area contributed by atoms with Crippen molar-refractivity contribution in [2.24, 2.45) is 11.8 Å². The lowest BCUT2D eigenvalue weighted by Crippen LogP contribution is -2.37. The fourth-order valence-electron chi connectivity index (χ4n) is 2.18. The third-order valence-corrected chi connectivity index (χ3v) is 2.95. The molecule has 1 heterocycles. The SMILES string of the molecule is COCC(C)CC1CCC(C)NC1. The molecule has 1 aliphatic heterocycles. The van der Waals surface area contributed by atoms with Crippen LogP contribution in [-0.2, 0) is 4.74 Å². The van der Waals surface area contributed by atoms with Crippen molar-refractivity contribution in [3.05, 3.63) is 0 Å². The first-order chi connectivity index (χ1) is 6.22. The van der Waals surface area contributed by atoms with E-state index in [1.165, 1.54) is 25.8 Å². The van der Waals surface area contributed by atoms with Gasteiger partial charge >= 0.3 is 0 Å². The number of ether oxygens (including phenoxy) is 1. The zero-order valence-corrected chi connectivity index (χ0v) is 9.18. The molecule has 1 aliphatic rings. The first-order valence-corrected chi connectivity index (χ1v) is 5.44. The second-order valence-corrected chi connectivity index (χ2v) is 4.55. The second-order valence-electron chi connectivity index (χ2n) is 4.55. The van der Waals surface area contributed by atoms with Crippen molar-refractivity contribution in [2.75, 3.05) is 20.3 Å². The van der Waals surface area contributed by atoms with Gasteiger partial charge in [-0.2, -0.15) is 0 Å². The van der Waals surface area contributed by atoms with E-state index in [0.717, 1.165) is 18.6 Å². The summed E-state index contributed by atoms with van der Waals surface area (Å²) in [6, 6.07) is 0.731. The summed E-state index contributed by atoms with van der Waals surface area (Å²) < 4.78 is 5.15. The number of piperidine rings is 1. The van der Waals surface area contributed by atoms with E-state index in [2.05, 4.69) is 19.2 Å². The summed E-state index contributed by atoms with van der Waals surface area (Å²) in [6.07, 6.45) is 4.04. The van der Waals surface area contributed by atoms with Crippen molar-refractivity contribution in [2.45, 2.75) is 39.2 Å². The quantitative estimate of drug-likeness (QED) is 0.723. The van der Waals surface area contributed by atoms with Gasteiger partial charge in [-0.15, -0.1) is 0 Å². The molecule has 0 bridgehead atoms. The van der Waals surface area contributed by atoms with Gasteiger partial charge in [-0.25, -0.2) is 0 Å². The van der Waals surface area contributed by atoms with Gasteiger partial charge in [0.2, 0.25) is 0 Å². The summed E-state index contributed by atoms with van der Waals surface area (Å²) in [6.45, 7) is 6.66. The van der Waals surface area contributed by atoms with Gasteiger partial charge in [0.15, 0.2) is 0 Å². The molecule has 1 rings (SSSR count). The second kappa shape index (κ2) is 5.61. The normalized spacial score (nSPS) is 31.6. The van der Waals surface area contributed by atoms with Crippen LogP contribution in [0.2, 0.25) is 0 Å². The molecule has 3 unspecified atom stereocenters. The third kappa shape index (κ3) is 4.10. The van der Waals surface area contributed by atoms with Crippen LogP contribution in [0.15, 0.2) is 0 Å². The number of rotatable bonds is 4. The molecular weight excluding hydrogens is 162 g/mol. The van der Waals surface area contributed by atoms with E-state index in [0.29, 0.717) is 5.92 Å². The highest BCUT2D eigenvalue weighted by molar-refractivity contribution is 4.75. The molecule has 0 aromatic heterocycles. The topological polar surface area (TPSA) is 21.3 Å². The third-order valence-electron chi connectivity index (χ3n) is 2.95. The average molecular weight is 185 g/mol. The molecule has 1 fully saturated rings. The zero-order chi connectivity index (χ0) is 9.68. The van der Waals surface area contributed by atoms with Gasteiger partial charge in [0.1, 0.15) is 0 Å². The smallest absolute Gasteiger partial charge is 0.0487 e. The number of hydrogen-bond donors (Lipinski definition) is 1. The maximum Gasteiger partial charge on any atom is 0.0487 e. The molecular formula is C11H23NO. The summed E-state index contributed by atoms with van der Waals surface area (Å²) in [5.41, 5.74) is 0. The van der Waals surface area contributed by atoms with Crippen LogP contribution < -0.4 is 5.32 Å².